The SMILES string of the molecule is C=C(O)C(=C)c1cc(C)cc[n+]1C1C(C)C12c1cc(C(C)C)ccc1-c1cccc[n+]12. The van der Waals surface area contributed by atoms with Crippen molar-refractivity contribution in [3.63, 3.8) is 0 Å². The molecule has 2 aliphatic rings. The lowest BCUT2D eigenvalue weighted by Crippen LogP contribution is -2.51. The summed E-state index contributed by atoms with van der Waals surface area (Å²) in [6, 6.07) is 17.9. The van der Waals surface area contributed by atoms with Crippen molar-refractivity contribution in [2.45, 2.75) is 45.2 Å². The molecule has 1 aliphatic heterocycles. The third-order valence-corrected chi connectivity index (χ3v) is 7.28. The second-order valence-corrected chi connectivity index (χ2v) is 9.40. The molecule has 1 aromatic carbocycles. The first kappa shape index (κ1) is 19.7. The maximum absolute atomic E-state index is 10.1. The highest BCUT2D eigenvalue weighted by atomic mass is 16.3. The number of allylic oxidation sites excluding steroid dienone is 1. The minimum atomic E-state index is -0.150. The zero-order valence-corrected chi connectivity index (χ0v) is 18.8. The number of nitrogens with zero attached hydrogens (tertiary/aromatic N) is 2. The van der Waals surface area contributed by atoms with Crippen LogP contribution in [0.4, 0.5) is 0 Å². The molecule has 1 fully saturated rings. The van der Waals surface area contributed by atoms with Crippen LogP contribution in [0.1, 0.15) is 55.1 Å². The lowest BCUT2D eigenvalue weighted by atomic mass is 9.93. The lowest BCUT2D eigenvalue weighted by molar-refractivity contribution is -0.777. The fourth-order valence-corrected chi connectivity index (χ4v) is 5.58. The number of hydrogen-bond acceptors (Lipinski definition) is 1. The molecule has 3 atom stereocenters. The van der Waals surface area contributed by atoms with Crippen molar-refractivity contribution in [3.8, 4) is 11.3 Å². The number of pyridine rings is 2. The molecule has 3 aromatic rings. The number of hydrogen-bond donors (Lipinski definition) is 1. The van der Waals surface area contributed by atoms with Crippen LogP contribution in [0, 0.1) is 12.8 Å². The molecular formula is C28H30N2O+2. The third kappa shape index (κ3) is 2.59. The largest absolute Gasteiger partial charge is 0.508 e. The molecule has 3 heteroatoms. The lowest BCUT2D eigenvalue weighted by Gasteiger charge is -2.11. The van der Waals surface area contributed by atoms with Gasteiger partial charge in [-0.05, 0) is 49.1 Å². The van der Waals surface area contributed by atoms with Crippen molar-refractivity contribution < 1.29 is 14.2 Å². The van der Waals surface area contributed by atoms with Crippen molar-refractivity contribution in [2.75, 3.05) is 0 Å². The number of rotatable bonds is 4. The molecule has 31 heavy (non-hydrogen) atoms. The molecule has 0 amide bonds. The van der Waals surface area contributed by atoms with Gasteiger partial charge in [0.1, 0.15) is 11.7 Å². The Morgan fingerprint density at radius 1 is 1.06 bits per heavy atom. The van der Waals surface area contributed by atoms with Crippen molar-refractivity contribution >= 4 is 5.57 Å². The van der Waals surface area contributed by atoms with Gasteiger partial charge in [0.25, 0.3) is 5.54 Å². The Balaban J connectivity index is 1.75. The van der Waals surface area contributed by atoms with E-state index < -0.39 is 0 Å². The maximum Gasteiger partial charge on any atom is 0.265 e. The predicted octanol–water partition coefficient (Wildman–Crippen LogP) is 5.39. The highest BCUT2D eigenvalue weighted by molar-refractivity contribution is 5.71. The monoisotopic (exact) mass is 410 g/mol. The van der Waals surface area contributed by atoms with E-state index in [9.17, 15) is 5.11 Å². The van der Waals surface area contributed by atoms with Crippen LogP contribution in [-0.4, -0.2) is 5.11 Å². The van der Waals surface area contributed by atoms with Gasteiger partial charge in [-0.3, -0.25) is 0 Å². The van der Waals surface area contributed by atoms with Crippen molar-refractivity contribution in [2.24, 2.45) is 5.92 Å². The third-order valence-electron chi connectivity index (χ3n) is 7.28. The second kappa shape index (κ2) is 6.65. The van der Waals surface area contributed by atoms with E-state index in [4.69, 9.17) is 0 Å². The number of fused-ring (bicyclic) bond motifs is 5. The first-order valence-corrected chi connectivity index (χ1v) is 11.0. The molecule has 1 spiro atoms. The smallest absolute Gasteiger partial charge is 0.265 e. The molecule has 2 aromatic heterocycles. The molecule has 1 saturated carbocycles. The summed E-state index contributed by atoms with van der Waals surface area (Å²) < 4.78 is 4.76. The van der Waals surface area contributed by atoms with Gasteiger partial charge in [0.05, 0.1) is 11.1 Å². The van der Waals surface area contributed by atoms with Gasteiger partial charge in [-0.25, -0.2) is 0 Å². The molecule has 5 rings (SSSR count). The zero-order valence-electron chi connectivity index (χ0n) is 18.8. The normalized spacial score (nSPS) is 23.0. The van der Waals surface area contributed by atoms with E-state index in [1.165, 1.54) is 22.4 Å². The molecule has 1 aliphatic carbocycles. The Kier molecular flexibility index (Phi) is 4.23. The van der Waals surface area contributed by atoms with E-state index in [2.05, 4.69) is 111 Å². The van der Waals surface area contributed by atoms with Crippen molar-refractivity contribution in [1.82, 2.24) is 0 Å². The molecular weight excluding hydrogens is 380 g/mol. The van der Waals surface area contributed by atoms with Crippen LogP contribution in [-0.2, 0) is 5.54 Å². The fraction of sp³-hybridized carbons (Fsp3) is 0.286. The molecule has 3 unspecified atom stereocenters. The summed E-state index contributed by atoms with van der Waals surface area (Å²) in [6.45, 7) is 16.8. The topological polar surface area (TPSA) is 28.0 Å². The standard InChI is InChI=1S/C28H29N2O/c1-17(2)22-10-11-23-24(16-22)28(30-13-8-7-9-25(23)30)20(5)27(28)29-14-12-18(3)15-26(29)19(4)21(6)31/h7-17,20,27H,4,6H2,1-3,5H3/q+1/p+1. The summed E-state index contributed by atoms with van der Waals surface area (Å²) in [5.74, 6) is 0.876. The molecule has 0 bridgehead atoms. The molecule has 1 N–H and O–H groups in total. The maximum atomic E-state index is 10.1. The van der Waals surface area contributed by atoms with Crippen LogP contribution >= 0.6 is 0 Å². The van der Waals surface area contributed by atoms with Crippen molar-refractivity contribution in [1.29, 1.82) is 0 Å². The van der Waals surface area contributed by atoms with Gasteiger partial charge < -0.3 is 5.11 Å². The summed E-state index contributed by atoms with van der Waals surface area (Å²) in [5.41, 5.74) is 7.83. The Morgan fingerprint density at radius 2 is 1.84 bits per heavy atom. The Morgan fingerprint density at radius 3 is 2.55 bits per heavy atom. The van der Waals surface area contributed by atoms with E-state index >= 15 is 0 Å². The number of aliphatic hydroxyl groups excluding tert-OH is 1. The average Bonchev–Trinajstić information content (AvgIpc) is 3.26. The van der Waals surface area contributed by atoms with E-state index in [0.717, 1.165) is 11.3 Å². The van der Waals surface area contributed by atoms with E-state index in [1.54, 1.807) is 0 Å². The minimum absolute atomic E-state index is 0.0173. The second-order valence-electron chi connectivity index (χ2n) is 9.40. The van der Waals surface area contributed by atoms with Crippen LogP contribution in [0.15, 0.2) is 79.8 Å². The van der Waals surface area contributed by atoms with E-state index in [0.29, 0.717) is 17.4 Å². The van der Waals surface area contributed by atoms with Crippen LogP contribution in [0.5, 0.6) is 0 Å². The summed E-state index contributed by atoms with van der Waals surface area (Å²) in [7, 11) is 0. The number of aryl methyl sites for hydroxylation is 1. The van der Waals surface area contributed by atoms with Gasteiger partial charge >= 0.3 is 0 Å². The van der Waals surface area contributed by atoms with Gasteiger partial charge in [-0.1, -0.05) is 33.1 Å². The Hall–Kier alpha value is -3.20. The predicted molar refractivity (Wildman–Crippen MR) is 124 cm³/mol. The summed E-state index contributed by atoms with van der Waals surface area (Å²) in [6.07, 6.45) is 4.36. The van der Waals surface area contributed by atoms with Crippen LogP contribution in [0.3, 0.4) is 0 Å². The minimum Gasteiger partial charge on any atom is -0.508 e. The zero-order chi connectivity index (χ0) is 22.1. The molecule has 3 nitrogen and oxygen atoms in total. The van der Waals surface area contributed by atoms with Crippen LogP contribution in [0.25, 0.3) is 16.8 Å². The van der Waals surface area contributed by atoms with Gasteiger partial charge in [-0.2, -0.15) is 9.13 Å². The molecule has 0 radical (unpaired) electrons. The van der Waals surface area contributed by atoms with Gasteiger partial charge in [0.15, 0.2) is 12.4 Å². The molecule has 3 heterocycles. The fourth-order valence-electron chi connectivity index (χ4n) is 5.58. The number of aliphatic hydroxyl groups is 1. The summed E-state index contributed by atoms with van der Waals surface area (Å²) >= 11 is 0. The first-order chi connectivity index (χ1) is 14.8. The van der Waals surface area contributed by atoms with Crippen LogP contribution < -0.4 is 9.13 Å². The van der Waals surface area contributed by atoms with E-state index in [-0.39, 0.29) is 17.3 Å². The summed E-state index contributed by atoms with van der Waals surface area (Å²) in [4.78, 5) is 0. The Labute approximate surface area is 184 Å². The van der Waals surface area contributed by atoms with Crippen molar-refractivity contribution in [3.05, 3.63) is 102 Å². The number of benzene rings is 1. The first-order valence-electron chi connectivity index (χ1n) is 11.0. The van der Waals surface area contributed by atoms with Gasteiger partial charge in [0, 0.05) is 29.8 Å². The Bertz CT molecular complexity index is 1260. The number of aromatic nitrogens is 2. The van der Waals surface area contributed by atoms with Gasteiger partial charge in [0.2, 0.25) is 17.4 Å². The quantitative estimate of drug-likeness (QED) is 0.348. The molecule has 156 valence electrons. The molecule has 0 saturated heterocycles. The summed E-state index contributed by atoms with van der Waals surface area (Å²) in [5, 5.41) is 10.1. The highest BCUT2D eigenvalue weighted by Crippen LogP contribution is 2.63. The highest BCUT2D eigenvalue weighted by Gasteiger charge is 2.82. The van der Waals surface area contributed by atoms with Gasteiger partial charge in [-0.15, -0.1) is 0 Å². The average molecular weight is 411 g/mol. The van der Waals surface area contributed by atoms with Crippen LogP contribution in [0.2, 0.25) is 0 Å². The van der Waals surface area contributed by atoms with E-state index in [1.807, 2.05) is 0 Å².